The molecule has 0 bridgehead atoms. The zero-order valence-electron chi connectivity index (χ0n) is 5.60. The van der Waals surface area contributed by atoms with E-state index in [-0.39, 0.29) is 6.29 Å². The number of rotatable bonds is 3. The predicted molar refractivity (Wildman–Crippen MR) is 36.9 cm³/mol. The Morgan fingerprint density at radius 2 is 1.88 bits per heavy atom. The highest BCUT2D eigenvalue weighted by atomic mass is 28.1. The van der Waals surface area contributed by atoms with E-state index in [0.717, 1.165) is 15.4 Å². The van der Waals surface area contributed by atoms with E-state index >= 15 is 0 Å². The Hall–Kier alpha value is -0.123. The van der Waals surface area contributed by atoms with Crippen LogP contribution in [0.15, 0.2) is 11.8 Å². The minimum atomic E-state index is -0.179. The predicted octanol–water partition coefficient (Wildman–Crippen LogP) is -0.516. The Labute approximate surface area is 52.9 Å². The third-order valence-corrected chi connectivity index (χ3v) is 1.30. The molecule has 0 aliphatic carbocycles. The topological polar surface area (TPSA) is 18.5 Å². The summed E-state index contributed by atoms with van der Waals surface area (Å²) in [4.78, 5) is 0. The van der Waals surface area contributed by atoms with Crippen molar-refractivity contribution in [3.05, 3.63) is 11.8 Å². The largest absolute Gasteiger partial charge is 0.352 e. The second kappa shape index (κ2) is 3.83. The zero-order chi connectivity index (χ0) is 6.57. The Balaban J connectivity index is 3.52. The molecule has 2 nitrogen and oxygen atoms in total. The van der Waals surface area contributed by atoms with Crippen LogP contribution in [-0.4, -0.2) is 30.8 Å². The Morgan fingerprint density at radius 3 is 1.88 bits per heavy atom. The lowest BCUT2D eigenvalue weighted by atomic mass is 10.6. The van der Waals surface area contributed by atoms with Gasteiger partial charge in [-0.3, -0.25) is 0 Å². The number of methoxy groups -OCH3 is 2. The molecule has 0 heterocycles. The molecule has 0 N–H and O–H groups in total. The van der Waals surface area contributed by atoms with Crippen LogP contribution in [0.1, 0.15) is 0 Å². The van der Waals surface area contributed by atoms with Crippen molar-refractivity contribution in [2.45, 2.75) is 6.29 Å². The van der Waals surface area contributed by atoms with E-state index in [1.54, 1.807) is 14.2 Å². The average Bonchev–Trinajstić information content (AvgIpc) is 1.69. The Bertz CT molecular complexity index is 78.5. The summed E-state index contributed by atoms with van der Waals surface area (Å²) in [6.07, 6.45) is -0.179. The summed E-state index contributed by atoms with van der Waals surface area (Å²) in [5.41, 5.74) is 0. The Kier molecular flexibility index (Phi) is 3.77. The third-order valence-electron chi connectivity index (χ3n) is 0.831. The van der Waals surface area contributed by atoms with Crippen LogP contribution in [0.4, 0.5) is 0 Å². The molecule has 0 rings (SSSR count). The molecule has 0 spiro atoms. The lowest BCUT2D eigenvalue weighted by Crippen LogP contribution is -2.14. The first-order valence-corrected chi connectivity index (χ1v) is 3.43. The van der Waals surface area contributed by atoms with Crippen LogP contribution >= 0.6 is 0 Å². The van der Waals surface area contributed by atoms with E-state index in [1.165, 1.54) is 0 Å². The van der Waals surface area contributed by atoms with Crippen molar-refractivity contribution >= 4 is 10.2 Å². The molecule has 0 fully saturated rings. The van der Waals surface area contributed by atoms with Gasteiger partial charge in [0.25, 0.3) is 0 Å². The van der Waals surface area contributed by atoms with Crippen molar-refractivity contribution in [2.75, 3.05) is 14.2 Å². The van der Waals surface area contributed by atoms with Crippen LogP contribution in [0.25, 0.3) is 0 Å². The third kappa shape index (κ3) is 2.25. The molecule has 0 aliphatic rings. The maximum absolute atomic E-state index is 4.87. The number of hydrogen-bond acceptors (Lipinski definition) is 2. The maximum Gasteiger partial charge on any atom is 0.174 e. The molecule has 0 aromatic heterocycles. The highest BCUT2D eigenvalue weighted by molar-refractivity contribution is 6.21. The normalized spacial score (nSPS) is 10.4. The van der Waals surface area contributed by atoms with E-state index in [0.29, 0.717) is 0 Å². The second-order valence-electron chi connectivity index (χ2n) is 1.65. The quantitative estimate of drug-likeness (QED) is 0.380. The van der Waals surface area contributed by atoms with Crippen molar-refractivity contribution in [1.82, 2.24) is 0 Å². The molecule has 8 heavy (non-hydrogen) atoms. The summed E-state index contributed by atoms with van der Waals surface area (Å²) in [5, 5.41) is 1.02. The van der Waals surface area contributed by atoms with Gasteiger partial charge in [-0.05, 0) is 5.20 Å². The molecule has 0 saturated carbocycles. The van der Waals surface area contributed by atoms with Crippen LogP contribution in [0.2, 0.25) is 0 Å². The SMILES string of the molecule is C=C([SiH3])C(OC)OC. The minimum absolute atomic E-state index is 0.179. The van der Waals surface area contributed by atoms with Crippen molar-refractivity contribution in [3.8, 4) is 0 Å². The molecule has 48 valence electrons. The Morgan fingerprint density at radius 1 is 1.50 bits per heavy atom. The van der Waals surface area contributed by atoms with E-state index in [1.807, 2.05) is 0 Å². The first kappa shape index (κ1) is 7.88. The average molecular weight is 132 g/mol. The van der Waals surface area contributed by atoms with Crippen LogP contribution in [0, 0.1) is 0 Å². The zero-order valence-corrected chi connectivity index (χ0v) is 7.60. The lowest BCUT2D eigenvalue weighted by Gasteiger charge is -2.11. The first-order valence-electron chi connectivity index (χ1n) is 2.43. The second-order valence-corrected chi connectivity index (χ2v) is 2.93. The van der Waals surface area contributed by atoms with Gasteiger partial charge in [0.2, 0.25) is 0 Å². The summed E-state index contributed by atoms with van der Waals surface area (Å²) in [6, 6.07) is 0. The van der Waals surface area contributed by atoms with Gasteiger partial charge in [0, 0.05) is 24.5 Å². The molecule has 0 radical (unpaired) electrons. The van der Waals surface area contributed by atoms with Crippen LogP contribution in [-0.2, 0) is 9.47 Å². The van der Waals surface area contributed by atoms with Crippen molar-refractivity contribution in [1.29, 1.82) is 0 Å². The summed E-state index contributed by atoms with van der Waals surface area (Å²) >= 11 is 0. The van der Waals surface area contributed by atoms with E-state index in [2.05, 4.69) is 6.58 Å². The minimum Gasteiger partial charge on any atom is -0.352 e. The van der Waals surface area contributed by atoms with E-state index in [4.69, 9.17) is 9.47 Å². The van der Waals surface area contributed by atoms with Crippen LogP contribution in [0.3, 0.4) is 0 Å². The van der Waals surface area contributed by atoms with E-state index in [9.17, 15) is 0 Å². The number of ether oxygens (including phenoxy) is 2. The molecular weight excluding hydrogens is 120 g/mol. The molecule has 0 aliphatic heterocycles. The van der Waals surface area contributed by atoms with Gasteiger partial charge in [-0.25, -0.2) is 0 Å². The summed E-state index contributed by atoms with van der Waals surface area (Å²) in [5.74, 6) is 0. The summed E-state index contributed by atoms with van der Waals surface area (Å²) in [6.45, 7) is 3.71. The molecular formula is C5H12O2Si. The van der Waals surface area contributed by atoms with Gasteiger partial charge in [-0.1, -0.05) is 6.58 Å². The van der Waals surface area contributed by atoms with Crippen molar-refractivity contribution in [2.24, 2.45) is 0 Å². The van der Waals surface area contributed by atoms with Gasteiger partial charge < -0.3 is 9.47 Å². The summed E-state index contributed by atoms with van der Waals surface area (Å²) in [7, 11) is 4.14. The highest BCUT2D eigenvalue weighted by Gasteiger charge is 2.02. The van der Waals surface area contributed by atoms with Gasteiger partial charge in [0.1, 0.15) is 0 Å². The first-order chi connectivity index (χ1) is 3.72. The van der Waals surface area contributed by atoms with Crippen LogP contribution in [0.5, 0.6) is 0 Å². The fourth-order valence-corrected chi connectivity index (χ4v) is 0.970. The molecule has 0 aromatic rings. The smallest absolute Gasteiger partial charge is 0.174 e. The molecule has 0 aromatic carbocycles. The highest BCUT2D eigenvalue weighted by Crippen LogP contribution is 1.97. The van der Waals surface area contributed by atoms with Gasteiger partial charge in [0.15, 0.2) is 6.29 Å². The summed E-state index contributed by atoms with van der Waals surface area (Å²) < 4.78 is 9.75. The standard InChI is InChI=1S/C5H12O2Si/c1-4(8)5(6-2)7-3/h5H,1H2,2-3,8H3. The molecule has 0 amide bonds. The van der Waals surface area contributed by atoms with Gasteiger partial charge in [-0.15, -0.1) is 0 Å². The van der Waals surface area contributed by atoms with Gasteiger partial charge in [-0.2, -0.15) is 0 Å². The maximum atomic E-state index is 4.87. The van der Waals surface area contributed by atoms with Gasteiger partial charge in [0.05, 0.1) is 0 Å². The fraction of sp³-hybridized carbons (Fsp3) is 0.600. The van der Waals surface area contributed by atoms with E-state index < -0.39 is 0 Å². The number of hydrogen-bond donors (Lipinski definition) is 0. The van der Waals surface area contributed by atoms with Gasteiger partial charge >= 0.3 is 0 Å². The molecule has 3 heteroatoms. The monoisotopic (exact) mass is 132 g/mol. The van der Waals surface area contributed by atoms with Crippen molar-refractivity contribution < 1.29 is 9.47 Å². The molecule has 0 unspecified atom stereocenters. The lowest BCUT2D eigenvalue weighted by molar-refractivity contribution is -0.0696. The van der Waals surface area contributed by atoms with Crippen molar-refractivity contribution in [3.63, 3.8) is 0 Å². The van der Waals surface area contributed by atoms with Crippen LogP contribution < -0.4 is 0 Å². The fourth-order valence-electron chi connectivity index (χ4n) is 0.499. The molecule has 0 saturated heterocycles. The molecule has 0 atom stereocenters.